The maximum atomic E-state index is 13.1. The summed E-state index contributed by atoms with van der Waals surface area (Å²) in [5.41, 5.74) is 8.25. The molecule has 2 heterocycles. The molecule has 2 atom stereocenters. The number of hydrogen-bond donors (Lipinski definition) is 3. The standard InChI is InChI=1S/C21H27FN4O2S/c1-26(20(27)8-10-23-21(28)16-9-12-29-14-16)11-2-3-18-13-19(25-24-18)15-4-6-17(22)7-5-15/h4-7,9,12,14,18-19,24-25H,2-3,8,10-11,13H2,1H3,(H,23,28). The van der Waals surface area contributed by atoms with Gasteiger partial charge >= 0.3 is 0 Å². The maximum absolute atomic E-state index is 13.1. The van der Waals surface area contributed by atoms with Crippen LogP contribution in [0.3, 0.4) is 0 Å². The summed E-state index contributed by atoms with van der Waals surface area (Å²) in [4.78, 5) is 25.8. The molecule has 1 aromatic heterocycles. The minimum Gasteiger partial charge on any atom is -0.351 e. The minimum absolute atomic E-state index is 0.0253. The van der Waals surface area contributed by atoms with E-state index in [4.69, 9.17) is 0 Å². The van der Waals surface area contributed by atoms with E-state index in [2.05, 4.69) is 16.2 Å². The Morgan fingerprint density at radius 1 is 1.24 bits per heavy atom. The quantitative estimate of drug-likeness (QED) is 0.586. The van der Waals surface area contributed by atoms with Crippen molar-refractivity contribution in [3.63, 3.8) is 0 Å². The third-order valence-electron chi connectivity index (χ3n) is 5.13. The van der Waals surface area contributed by atoms with E-state index in [1.807, 2.05) is 5.38 Å². The van der Waals surface area contributed by atoms with Crippen LogP contribution in [0.25, 0.3) is 0 Å². The average Bonchev–Trinajstić information content (AvgIpc) is 3.40. The molecule has 0 saturated carbocycles. The monoisotopic (exact) mass is 418 g/mol. The lowest BCUT2D eigenvalue weighted by atomic mass is 9.99. The van der Waals surface area contributed by atoms with Gasteiger partial charge < -0.3 is 10.2 Å². The van der Waals surface area contributed by atoms with Crippen molar-refractivity contribution < 1.29 is 14.0 Å². The number of hydrogen-bond acceptors (Lipinski definition) is 5. The molecule has 2 amide bonds. The van der Waals surface area contributed by atoms with E-state index in [9.17, 15) is 14.0 Å². The number of rotatable bonds is 9. The van der Waals surface area contributed by atoms with Crippen LogP contribution < -0.4 is 16.2 Å². The van der Waals surface area contributed by atoms with Crippen molar-refractivity contribution in [2.45, 2.75) is 37.8 Å². The molecule has 3 rings (SSSR count). The minimum atomic E-state index is -0.227. The highest BCUT2D eigenvalue weighted by atomic mass is 32.1. The van der Waals surface area contributed by atoms with Crippen LogP contribution >= 0.6 is 11.3 Å². The Bertz CT molecular complexity index is 798. The van der Waals surface area contributed by atoms with E-state index < -0.39 is 0 Å². The zero-order valence-corrected chi connectivity index (χ0v) is 17.3. The molecule has 6 nitrogen and oxygen atoms in total. The van der Waals surface area contributed by atoms with Crippen molar-refractivity contribution in [1.29, 1.82) is 0 Å². The number of carbonyl (C=O) groups excluding carboxylic acids is 2. The van der Waals surface area contributed by atoms with E-state index >= 15 is 0 Å². The number of amides is 2. The van der Waals surface area contributed by atoms with E-state index in [0.29, 0.717) is 31.1 Å². The summed E-state index contributed by atoms with van der Waals surface area (Å²) in [5.74, 6) is -0.343. The van der Waals surface area contributed by atoms with E-state index in [-0.39, 0.29) is 23.7 Å². The SMILES string of the molecule is CN(CCCC1CC(c2ccc(F)cc2)NN1)C(=O)CCNC(=O)c1ccsc1. The Labute approximate surface area is 174 Å². The third-order valence-corrected chi connectivity index (χ3v) is 5.82. The van der Waals surface area contributed by atoms with Crippen LogP contribution in [0.1, 0.15) is 47.6 Å². The van der Waals surface area contributed by atoms with Crippen molar-refractivity contribution in [2.24, 2.45) is 0 Å². The number of nitrogens with one attached hydrogen (secondary N) is 3. The highest BCUT2D eigenvalue weighted by Gasteiger charge is 2.24. The molecule has 1 aliphatic heterocycles. The van der Waals surface area contributed by atoms with Gasteiger partial charge in [0.05, 0.1) is 0 Å². The second-order valence-electron chi connectivity index (χ2n) is 7.30. The largest absolute Gasteiger partial charge is 0.351 e. The molecule has 1 aromatic carbocycles. The first-order valence-corrected chi connectivity index (χ1v) is 10.8. The zero-order valence-electron chi connectivity index (χ0n) is 16.5. The van der Waals surface area contributed by atoms with Gasteiger partial charge in [-0.1, -0.05) is 12.1 Å². The molecule has 1 saturated heterocycles. The zero-order chi connectivity index (χ0) is 20.6. The average molecular weight is 419 g/mol. The summed E-state index contributed by atoms with van der Waals surface area (Å²) in [6.45, 7) is 1.02. The summed E-state index contributed by atoms with van der Waals surface area (Å²) in [5, 5.41) is 6.41. The summed E-state index contributed by atoms with van der Waals surface area (Å²) >= 11 is 1.47. The highest BCUT2D eigenvalue weighted by Crippen LogP contribution is 2.24. The molecule has 0 bridgehead atoms. The van der Waals surface area contributed by atoms with Crippen LogP contribution in [-0.2, 0) is 4.79 Å². The molecular weight excluding hydrogens is 391 g/mol. The van der Waals surface area contributed by atoms with Crippen LogP contribution in [0.4, 0.5) is 4.39 Å². The number of thiophene rings is 1. The number of halogens is 1. The van der Waals surface area contributed by atoms with Gasteiger partial charge in [0, 0.05) is 49.6 Å². The van der Waals surface area contributed by atoms with Crippen molar-refractivity contribution in [3.8, 4) is 0 Å². The number of benzene rings is 1. The van der Waals surface area contributed by atoms with Gasteiger partial charge in [-0.3, -0.25) is 20.4 Å². The van der Waals surface area contributed by atoms with Crippen molar-refractivity contribution in [3.05, 3.63) is 58.0 Å². The molecule has 2 aromatic rings. The van der Waals surface area contributed by atoms with E-state index in [0.717, 1.165) is 24.8 Å². The smallest absolute Gasteiger partial charge is 0.252 e. The second kappa shape index (κ2) is 10.5. The fraction of sp³-hybridized carbons (Fsp3) is 0.429. The Balaban J connectivity index is 1.30. The van der Waals surface area contributed by atoms with Gasteiger partial charge in [-0.25, -0.2) is 4.39 Å². The van der Waals surface area contributed by atoms with Crippen LogP contribution in [0, 0.1) is 5.82 Å². The Morgan fingerprint density at radius 3 is 2.76 bits per heavy atom. The molecule has 0 radical (unpaired) electrons. The molecule has 8 heteroatoms. The lowest BCUT2D eigenvalue weighted by molar-refractivity contribution is -0.129. The predicted molar refractivity (Wildman–Crippen MR) is 112 cm³/mol. The summed E-state index contributed by atoms with van der Waals surface area (Å²) in [6, 6.07) is 8.83. The summed E-state index contributed by atoms with van der Waals surface area (Å²) < 4.78 is 13.1. The van der Waals surface area contributed by atoms with Crippen molar-refractivity contribution in [1.82, 2.24) is 21.1 Å². The molecule has 29 heavy (non-hydrogen) atoms. The van der Waals surface area contributed by atoms with E-state index in [1.54, 1.807) is 35.5 Å². The van der Waals surface area contributed by atoms with Gasteiger partial charge in [0.25, 0.3) is 5.91 Å². The van der Waals surface area contributed by atoms with Crippen LogP contribution in [0.15, 0.2) is 41.1 Å². The fourth-order valence-electron chi connectivity index (χ4n) is 3.39. The summed E-state index contributed by atoms with van der Waals surface area (Å²) in [7, 11) is 1.80. The molecule has 1 fully saturated rings. The molecule has 2 unspecified atom stereocenters. The maximum Gasteiger partial charge on any atom is 0.252 e. The summed E-state index contributed by atoms with van der Waals surface area (Å²) in [6.07, 6.45) is 3.05. The number of nitrogens with zero attached hydrogens (tertiary/aromatic N) is 1. The molecular formula is C21H27FN4O2S. The highest BCUT2D eigenvalue weighted by molar-refractivity contribution is 7.08. The number of hydrazine groups is 1. The Morgan fingerprint density at radius 2 is 2.03 bits per heavy atom. The predicted octanol–water partition coefficient (Wildman–Crippen LogP) is 2.85. The Kier molecular flexibility index (Phi) is 7.74. The van der Waals surface area contributed by atoms with Crippen LogP contribution in [0.2, 0.25) is 0 Å². The lowest BCUT2D eigenvalue weighted by Gasteiger charge is -2.18. The van der Waals surface area contributed by atoms with Crippen molar-refractivity contribution in [2.75, 3.05) is 20.1 Å². The third kappa shape index (κ3) is 6.35. The second-order valence-corrected chi connectivity index (χ2v) is 8.08. The van der Waals surface area contributed by atoms with Gasteiger partial charge in [0.1, 0.15) is 5.82 Å². The van der Waals surface area contributed by atoms with Crippen LogP contribution in [-0.4, -0.2) is 42.9 Å². The van der Waals surface area contributed by atoms with Gasteiger partial charge in [0.2, 0.25) is 5.91 Å². The van der Waals surface area contributed by atoms with Crippen LogP contribution in [0.5, 0.6) is 0 Å². The first kappa shape index (κ1) is 21.4. The molecule has 0 aliphatic carbocycles. The normalized spacial score (nSPS) is 18.6. The van der Waals surface area contributed by atoms with Gasteiger partial charge in [0.15, 0.2) is 0 Å². The van der Waals surface area contributed by atoms with E-state index in [1.165, 1.54) is 23.5 Å². The lowest BCUT2D eigenvalue weighted by Crippen LogP contribution is -2.34. The number of carbonyl (C=O) groups is 2. The van der Waals surface area contributed by atoms with Crippen molar-refractivity contribution >= 4 is 23.2 Å². The Hall–Kier alpha value is -2.29. The molecule has 156 valence electrons. The first-order valence-electron chi connectivity index (χ1n) is 9.84. The van der Waals surface area contributed by atoms with Gasteiger partial charge in [-0.05, 0) is 48.4 Å². The van der Waals surface area contributed by atoms with Gasteiger partial charge in [-0.2, -0.15) is 11.3 Å². The molecule has 1 aliphatic rings. The molecule has 3 N–H and O–H groups in total. The van der Waals surface area contributed by atoms with Gasteiger partial charge in [-0.15, -0.1) is 0 Å². The fourth-order valence-corrected chi connectivity index (χ4v) is 4.03. The topological polar surface area (TPSA) is 73.5 Å². The first-order chi connectivity index (χ1) is 14.0. The molecule has 0 spiro atoms.